The lowest BCUT2D eigenvalue weighted by Gasteiger charge is -2.12. The molecule has 7 heteroatoms. The number of nitrogens with one attached hydrogen (secondary N) is 1. The zero-order valence-electron chi connectivity index (χ0n) is 15.7. The molecule has 4 rings (SSSR count). The Morgan fingerprint density at radius 1 is 1.14 bits per heavy atom. The Kier molecular flexibility index (Phi) is 4.72. The van der Waals surface area contributed by atoms with Crippen LogP contribution in [0.1, 0.15) is 15.9 Å². The lowest BCUT2D eigenvalue weighted by atomic mass is 10.1. The third kappa shape index (κ3) is 3.54. The molecule has 0 atom stereocenters. The topological polar surface area (TPSA) is 55.6 Å². The number of methoxy groups -OCH3 is 1. The van der Waals surface area contributed by atoms with Gasteiger partial charge >= 0.3 is 0 Å². The highest BCUT2D eigenvalue weighted by molar-refractivity contribution is 6.05. The molecule has 0 aliphatic heterocycles. The molecule has 0 aliphatic rings. The molecule has 0 radical (unpaired) electrons. The molecule has 0 saturated heterocycles. The number of imidazole rings is 1. The van der Waals surface area contributed by atoms with E-state index in [-0.39, 0.29) is 5.56 Å². The van der Waals surface area contributed by atoms with Crippen LogP contribution in [0.4, 0.5) is 14.5 Å². The number of benzene rings is 2. The fourth-order valence-electron chi connectivity index (χ4n) is 3.12. The molecule has 2 heterocycles. The van der Waals surface area contributed by atoms with Crippen molar-refractivity contribution in [3.8, 4) is 17.0 Å². The van der Waals surface area contributed by atoms with Crippen molar-refractivity contribution in [3.05, 3.63) is 83.7 Å². The minimum atomic E-state index is -0.937. The Morgan fingerprint density at radius 2 is 1.97 bits per heavy atom. The van der Waals surface area contributed by atoms with Gasteiger partial charge in [-0.15, -0.1) is 0 Å². The predicted molar refractivity (Wildman–Crippen MR) is 106 cm³/mol. The summed E-state index contributed by atoms with van der Waals surface area (Å²) in [5.74, 6) is -1.98. The van der Waals surface area contributed by atoms with Gasteiger partial charge in [0.05, 0.1) is 24.1 Å². The number of fused-ring (bicyclic) bond motifs is 1. The van der Waals surface area contributed by atoms with Crippen molar-refractivity contribution in [2.24, 2.45) is 0 Å². The number of aromatic nitrogens is 2. The molecule has 0 unspecified atom stereocenters. The Bertz CT molecular complexity index is 1230. The summed E-state index contributed by atoms with van der Waals surface area (Å²) in [7, 11) is 1.47. The molecule has 0 bridgehead atoms. The highest BCUT2D eigenvalue weighted by atomic mass is 19.1. The van der Waals surface area contributed by atoms with E-state index in [4.69, 9.17) is 4.74 Å². The van der Waals surface area contributed by atoms with Gasteiger partial charge in [-0.05, 0) is 48.9 Å². The number of ether oxygens (including phenoxy) is 1. The summed E-state index contributed by atoms with van der Waals surface area (Å²) in [6, 6.07) is 11.9. The van der Waals surface area contributed by atoms with Crippen molar-refractivity contribution in [1.82, 2.24) is 9.38 Å². The molecule has 0 fully saturated rings. The third-order valence-electron chi connectivity index (χ3n) is 4.60. The van der Waals surface area contributed by atoms with Crippen LogP contribution < -0.4 is 10.1 Å². The number of rotatable bonds is 4. The van der Waals surface area contributed by atoms with Gasteiger partial charge in [0.1, 0.15) is 23.0 Å². The second kappa shape index (κ2) is 7.35. The summed E-state index contributed by atoms with van der Waals surface area (Å²) >= 11 is 0. The van der Waals surface area contributed by atoms with Crippen LogP contribution in [0.15, 0.2) is 60.9 Å². The van der Waals surface area contributed by atoms with Crippen LogP contribution in [-0.2, 0) is 0 Å². The number of hydrogen-bond donors (Lipinski definition) is 1. The SMILES string of the molecule is COc1ccc(-c2cn3cccc(C)c3n2)cc1NC(=O)c1ccc(F)cc1F. The fraction of sp³-hybridized carbons (Fsp3) is 0.0909. The van der Waals surface area contributed by atoms with E-state index in [1.165, 1.54) is 7.11 Å². The van der Waals surface area contributed by atoms with Crippen molar-refractivity contribution >= 4 is 17.2 Å². The van der Waals surface area contributed by atoms with E-state index in [0.29, 0.717) is 23.2 Å². The molecule has 4 aromatic rings. The molecular formula is C22H17F2N3O2. The normalized spacial score (nSPS) is 10.9. The summed E-state index contributed by atoms with van der Waals surface area (Å²) in [6.07, 6.45) is 3.79. The largest absolute Gasteiger partial charge is 0.495 e. The highest BCUT2D eigenvalue weighted by Crippen LogP contribution is 2.31. The highest BCUT2D eigenvalue weighted by Gasteiger charge is 2.16. The smallest absolute Gasteiger partial charge is 0.258 e. The van der Waals surface area contributed by atoms with E-state index >= 15 is 0 Å². The number of nitrogens with zero attached hydrogens (tertiary/aromatic N) is 2. The van der Waals surface area contributed by atoms with Crippen LogP contribution in [0, 0.1) is 18.6 Å². The number of aryl methyl sites for hydroxylation is 1. The zero-order valence-corrected chi connectivity index (χ0v) is 15.7. The van der Waals surface area contributed by atoms with E-state index < -0.39 is 17.5 Å². The van der Waals surface area contributed by atoms with E-state index in [1.54, 1.807) is 12.1 Å². The Labute approximate surface area is 165 Å². The maximum Gasteiger partial charge on any atom is 0.258 e. The molecule has 0 aliphatic carbocycles. The Balaban J connectivity index is 1.71. The van der Waals surface area contributed by atoms with Crippen molar-refractivity contribution < 1.29 is 18.3 Å². The lowest BCUT2D eigenvalue weighted by Crippen LogP contribution is -2.14. The first-order chi connectivity index (χ1) is 14.0. The average molecular weight is 393 g/mol. The van der Waals surface area contributed by atoms with Crippen molar-refractivity contribution in [1.29, 1.82) is 0 Å². The van der Waals surface area contributed by atoms with Crippen LogP contribution in [0.5, 0.6) is 5.75 Å². The van der Waals surface area contributed by atoms with Gasteiger partial charge in [-0.25, -0.2) is 13.8 Å². The number of carbonyl (C=O) groups excluding carboxylic acids is 1. The first kappa shape index (κ1) is 18.6. The molecule has 2 aromatic heterocycles. The van der Waals surface area contributed by atoms with Crippen molar-refractivity contribution in [2.75, 3.05) is 12.4 Å². The quantitative estimate of drug-likeness (QED) is 0.539. The maximum absolute atomic E-state index is 13.9. The maximum atomic E-state index is 13.9. The molecule has 29 heavy (non-hydrogen) atoms. The van der Waals surface area contributed by atoms with Gasteiger partial charge in [-0.2, -0.15) is 0 Å². The summed E-state index contributed by atoms with van der Waals surface area (Å²) in [4.78, 5) is 17.1. The number of halogens is 2. The molecule has 2 aromatic carbocycles. The number of pyridine rings is 1. The summed E-state index contributed by atoms with van der Waals surface area (Å²) in [6.45, 7) is 1.98. The Hall–Kier alpha value is -3.74. The van der Waals surface area contributed by atoms with Gasteiger partial charge in [0.25, 0.3) is 5.91 Å². The van der Waals surface area contributed by atoms with Crippen LogP contribution in [-0.4, -0.2) is 22.4 Å². The van der Waals surface area contributed by atoms with Crippen molar-refractivity contribution in [2.45, 2.75) is 6.92 Å². The molecular weight excluding hydrogens is 376 g/mol. The van der Waals surface area contributed by atoms with Gasteiger partial charge in [0.15, 0.2) is 0 Å². The van der Waals surface area contributed by atoms with E-state index in [0.717, 1.165) is 28.9 Å². The lowest BCUT2D eigenvalue weighted by molar-refractivity contribution is 0.102. The molecule has 1 N–H and O–H groups in total. The van der Waals surface area contributed by atoms with E-state index in [1.807, 2.05) is 41.9 Å². The van der Waals surface area contributed by atoms with Gasteiger partial charge in [-0.1, -0.05) is 6.07 Å². The summed E-state index contributed by atoms with van der Waals surface area (Å²) in [5.41, 5.74) is 3.42. The van der Waals surface area contributed by atoms with Crippen LogP contribution in [0.25, 0.3) is 16.9 Å². The minimum Gasteiger partial charge on any atom is -0.495 e. The number of carbonyl (C=O) groups is 1. The third-order valence-corrected chi connectivity index (χ3v) is 4.60. The fourth-order valence-corrected chi connectivity index (χ4v) is 3.12. The van der Waals surface area contributed by atoms with Gasteiger partial charge in [-0.3, -0.25) is 4.79 Å². The molecule has 0 saturated carbocycles. The van der Waals surface area contributed by atoms with Gasteiger partial charge < -0.3 is 14.5 Å². The van der Waals surface area contributed by atoms with E-state index in [9.17, 15) is 13.6 Å². The zero-order chi connectivity index (χ0) is 20.5. The van der Waals surface area contributed by atoms with Gasteiger partial charge in [0, 0.05) is 24.0 Å². The van der Waals surface area contributed by atoms with Crippen LogP contribution >= 0.6 is 0 Å². The summed E-state index contributed by atoms with van der Waals surface area (Å²) in [5, 5.41) is 2.63. The molecule has 5 nitrogen and oxygen atoms in total. The number of anilines is 1. The monoisotopic (exact) mass is 393 g/mol. The molecule has 0 spiro atoms. The van der Waals surface area contributed by atoms with Crippen LogP contribution in [0.2, 0.25) is 0 Å². The second-order valence-electron chi connectivity index (χ2n) is 6.54. The minimum absolute atomic E-state index is 0.262. The summed E-state index contributed by atoms with van der Waals surface area (Å²) < 4.78 is 34.3. The standard InChI is InChI=1S/C22H17F2N3O2/c1-13-4-3-9-27-12-19(25-21(13)27)14-5-8-20(29-2)18(10-14)26-22(28)16-7-6-15(23)11-17(16)24/h3-12H,1-2H3,(H,26,28). The number of amides is 1. The molecule has 1 amide bonds. The first-order valence-corrected chi connectivity index (χ1v) is 8.85. The van der Waals surface area contributed by atoms with Gasteiger partial charge in [0.2, 0.25) is 0 Å². The first-order valence-electron chi connectivity index (χ1n) is 8.85. The molecule has 146 valence electrons. The second-order valence-corrected chi connectivity index (χ2v) is 6.54. The average Bonchev–Trinajstić information content (AvgIpc) is 3.13. The Morgan fingerprint density at radius 3 is 2.69 bits per heavy atom. The number of hydrogen-bond acceptors (Lipinski definition) is 3. The predicted octanol–water partition coefficient (Wildman–Crippen LogP) is 4.85. The van der Waals surface area contributed by atoms with E-state index in [2.05, 4.69) is 10.3 Å². The van der Waals surface area contributed by atoms with Crippen molar-refractivity contribution in [3.63, 3.8) is 0 Å². The van der Waals surface area contributed by atoms with Crippen LogP contribution in [0.3, 0.4) is 0 Å².